The van der Waals surface area contributed by atoms with Gasteiger partial charge in [0.05, 0.1) is 7.11 Å². The largest absolute Gasteiger partial charge is 0.493 e. The first kappa shape index (κ1) is 15.7. The highest BCUT2D eigenvalue weighted by atomic mass is 16.7. The molecule has 2 N–H and O–H groups in total. The number of rotatable bonds is 8. The van der Waals surface area contributed by atoms with E-state index in [2.05, 4.69) is 4.98 Å². The Morgan fingerprint density at radius 3 is 2.75 bits per heavy atom. The van der Waals surface area contributed by atoms with Crippen LogP contribution in [0.15, 0.2) is 12.3 Å². The number of hydrogen-bond donors (Lipinski definition) is 1. The third-order valence-corrected chi connectivity index (χ3v) is 2.17. The minimum Gasteiger partial charge on any atom is -0.493 e. The van der Waals surface area contributed by atoms with Gasteiger partial charge in [-0.1, -0.05) is 0 Å². The van der Waals surface area contributed by atoms with Crippen LogP contribution in [0.5, 0.6) is 11.5 Å². The van der Waals surface area contributed by atoms with E-state index in [0.717, 1.165) is 0 Å². The lowest BCUT2D eigenvalue weighted by molar-refractivity contribution is -0.155. The van der Waals surface area contributed by atoms with Gasteiger partial charge >= 0.3 is 5.97 Å². The molecule has 1 heterocycles. The van der Waals surface area contributed by atoms with Crippen molar-refractivity contribution in [2.24, 2.45) is 5.73 Å². The molecule has 0 spiro atoms. The van der Waals surface area contributed by atoms with E-state index < -0.39 is 18.7 Å². The van der Waals surface area contributed by atoms with Crippen LogP contribution in [-0.2, 0) is 14.3 Å². The maximum atomic E-state index is 11.2. The number of methoxy groups -OCH3 is 1. The van der Waals surface area contributed by atoms with Crippen LogP contribution in [-0.4, -0.2) is 44.0 Å². The first-order valence-corrected chi connectivity index (χ1v) is 5.79. The second-order valence-electron chi connectivity index (χ2n) is 3.47. The summed E-state index contributed by atoms with van der Waals surface area (Å²) in [6.07, 6.45) is 1.35. The Morgan fingerprint density at radius 1 is 1.40 bits per heavy atom. The molecular weight excluding hydrogens is 268 g/mol. The molecule has 0 aromatic carbocycles. The van der Waals surface area contributed by atoms with Crippen molar-refractivity contribution in [1.29, 1.82) is 0 Å². The summed E-state index contributed by atoms with van der Waals surface area (Å²) in [4.78, 5) is 26.2. The van der Waals surface area contributed by atoms with Crippen LogP contribution >= 0.6 is 0 Å². The van der Waals surface area contributed by atoms with E-state index >= 15 is 0 Å². The summed E-state index contributed by atoms with van der Waals surface area (Å²) in [5, 5.41) is 0. The fraction of sp³-hybridized carbons (Fsp3) is 0.417. The molecule has 8 nitrogen and oxygen atoms in total. The van der Waals surface area contributed by atoms with Crippen LogP contribution in [0.4, 0.5) is 0 Å². The molecule has 1 aromatic rings. The van der Waals surface area contributed by atoms with Crippen molar-refractivity contribution < 1.29 is 28.5 Å². The second kappa shape index (κ2) is 7.95. The van der Waals surface area contributed by atoms with Crippen LogP contribution in [0, 0.1) is 0 Å². The summed E-state index contributed by atoms with van der Waals surface area (Å²) in [5.41, 5.74) is 5.06. The Bertz CT molecular complexity index is 477. The quantitative estimate of drug-likeness (QED) is 0.532. The van der Waals surface area contributed by atoms with E-state index in [4.69, 9.17) is 24.7 Å². The standard InChI is InChI=1S/C12H16N2O6/c1-3-18-6-9(15)19-7-20-11-8(17-2)4-5-14-10(11)12(13)16/h4-5H,3,6-7H2,1-2H3,(H2,13,16). The van der Waals surface area contributed by atoms with E-state index in [-0.39, 0.29) is 23.8 Å². The van der Waals surface area contributed by atoms with E-state index in [1.165, 1.54) is 19.4 Å². The average molecular weight is 284 g/mol. The first-order valence-electron chi connectivity index (χ1n) is 5.79. The molecule has 0 atom stereocenters. The number of primary amides is 1. The van der Waals surface area contributed by atoms with Crippen molar-refractivity contribution in [3.8, 4) is 11.5 Å². The summed E-state index contributed by atoms with van der Waals surface area (Å²) in [6, 6.07) is 1.49. The molecule has 0 saturated heterocycles. The van der Waals surface area contributed by atoms with Crippen molar-refractivity contribution in [2.75, 3.05) is 27.1 Å². The van der Waals surface area contributed by atoms with Gasteiger partial charge in [0, 0.05) is 18.9 Å². The lowest BCUT2D eigenvalue weighted by Gasteiger charge is -2.12. The normalized spacial score (nSPS) is 9.90. The third kappa shape index (κ3) is 4.39. The topological polar surface area (TPSA) is 110 Å². The Hall–Kier alpha value is -2.35. The number of carbonyl (C=O) groups is 2. The molecule has 0 radical (unpaired) electrons. The number of hydrogen-bond acceptors (Lipinski definition) is 7. The second-order valence-corrected chi connectivity index (χ2v) is 3.47. The van der Waals surface area contributed by atoms with Gasteiger partial charge < -0.3 is 24.7 Å². The zero-order valence-electron chi connectivity index (χ0n) is 11.3. The molecule has 0 saturated carbocycles. The van der Waals surface area contributed by atoms with Crippen molar-refractivity contribution >= 4 is 11.9 Å². The first-order chi connectivity index (χ1) is 9.60. The molecule has 0 aliphatic rings. The number of nitrogens with two attached hydrogens (primary N) is 1. The Balaban J connectivity index is 2.67. The van der Waals surface area contributed by atoms with Crippen LogP contribution in [0.25, 0.3) is 0 Å². The number of aromatic nitrogens is 1. The molecule has 1 rings (SSSR count). The number of pyridine rings is 1. The predicted octanol–water partition coefficient (Wildman–Crippen LogP) is 0.105. The van der Waals surface area contributed by atoms with Crippen LogP contribution in [0.2, 0.25) is 0 Å². The molecule has 0 aliphatic heterocycles. The van der Waals surface area contributed by atoms with Gasteiger partial charge in [0.2, 0.25) is 6.79 Å². The summed E-state index contributed by atoms with van der Waals surface area (Å²) in [5.74, 6) is -1.09. The monoisotopic (exact) mass is 284 g/mol. The smallest absolute Gasteiger partial charge is 0.334 e. The molecule has 0 unspecified atom stereocenters. The maximum Gasteiger partial charge on any atom is 0.334 e. The van der Waals surface area contributed by atoms with Gasteiger partial charge in [0.25, 0.3) is 5.91 Å². The van der Waals surface area contributed by atoms with Crippen LogP contribution in [0.1, 0.15) is 17.4 Å². The number of carbonyl (C=O) groups excluding carboxylic acids is 2. The average Bonchev–Trinajstić information content (AvgIpc) is 2.44. The van der Waals surface area contributed by atoms with E-state index in [1.807, 2.05) is 0 Å². The fourth-order valence-electron chi connectivity index (χ4n) is 1.29. The highest BCUT2D eigenvalue weighted by Gasteiger charge is 2.17. The summed E-state index contributed by atoms with van der Waals surface area (Å²) >= 11 is 0. The Morgan fingerprint density at radius 2 is 2.15 bits per heavy atom. The summed E-state index contributed by atoms with van der Waals surface area (Å²) in [6.45, 7) is 1.57. The van der Waals surface area contributed by atoms with Gasteiger partial charge in [-0.25, -0.2) is 9.78 Å². The van der Waals surface area contributed by atoms with Crippen molar-refractivity contribution in [2.45, 2.75) is 6.92 Å². The van der Waals surface area contributed by atoms with Crippen molar-refractivity contribution in [3.05, 3.63) is 18.0 Å². The van der Waals surface area contributed by atoms with E-state index in [9.17, 15) is 9.59 Å². The van der Waals surface area contributed by atoms with Gasteiger partial charge in [0.15, 0.2) is 17.2 Å². The third-order valence-electron chi connectivity index (χ3n) is 2.17. The zero-order valence-corrected chi connectivity index (χ0v) is 11.3. The fourth-order valence-corrected chi connectivity index (χ4v) is 1.29. The molecule has 0 aliphatic carbocycles. The number of nitrogens with zero attached hydrogens (tertiary/aromatic N) is 1. The van der Waals surface area contributed by atoms with E-state index in [0.29, 0.717) is 6.61 Å². The predicted molar refractivity (Wildman–Crippen MR) is 67.4 cm³/mol. The molecule has 8 heteroatoms. The van der Waals surface area contributed by atoms with Gasteiger partial charge in [-0.05, 0) is 6.92 Å². The highest BCUT2D eigenvalue weighted by Crippen LogP contribution is 2.29. The molecular formula is C12H16N2O6. The maximum absolute atomic E-state index is 11.2. The number of amides is 1. The lowest BCUT2D eigenvalue weighted by atomic mass is 10.3. The lowest BCUT2D eigenvalue weighted by Crippen LogP contribution is -2.19. The number of esters is 1. The highest BCUT2D eigenvalue weighted by molar-refractivity contribution is 5.94. The van der Waals surface area contributed by atoms with Crippen molar-refractivity contribution in [3.63, 3.8) is 0 Å². The molecule has 0 fully saturated rings. The SMILES string of the molecule is CCOCC(=O)OCOc1c(OC)ccnc1C(N)=O. The Labute approximate surface area is 115 Å². The number of ether oxygens (including phenoxy) is 4. The summed E-state index contributed by atoms with van der Waals surface area (Å²) < 4.78 is 19.8. The van der Waals surface area contributed by atoms with Gasteiger partial charge in [-0.2, -0.15) is 0 Å². The van der Waals surface area contributed by atoms with Crippen LogP contribution < -0.4 is 15.2 Å². The Kier molecular flexibility index (Phi) is 6.24. The van der Waals surface area contributed by atoms with Gasteiger partial charge in [-0.3, -0.25) is 4.79 Å². The molecule has 20 heavy (non-hydrogen) atoms. The molecule has 0 bridgehead atoms. The molecule has 110 valence electrons. The summed E-state index contributed by atoms with van der Waals surface area (Å²) in [7, 11) is 1.40. The van der Waals surface area contributed by atoms with Crippen molar-refractivity contribution in [1.82, 2.24) is 4.98 Å². The van der Waals surface area contributed by atoms with Crippen LogP contribution in [0.3, 0.4) is 0 Å². The minimum atomic E-state index is -0.778. The van der Waals surface area contributed by atoms with Gasteiger partial charge in [-0.15, -0.1) is 0 Å². The zero-order chi connectivity index (χ0) is 15.0. The minimum absolute atomic E-state index is 0.0201. The van der Waals surface area contributed by atoms with E-state index in [1.54, 1.807) is 6.92 Å². The van der Waals surface area contributed by atoms with Gasteiger partial charge in [0.1, 0.15) is 6.61 Å². The molecule has 1 amide bonds. The molecule has 1 aromatic heterocycles.